The average Bonchev–Trinajstić information content (AvgIpc) is 2.76. The molecule has 1 rings (SSSR count). The van der Waals surface area contributed by atoms with Crippen molar-refractivity contribution < 1.29 is 9.84 Å². The quantitative estimate of drug-likeness (QED) is 0.491. The van der Waals surface area contributed by atoms with Gasteiger partial charge in [0.05, 0.1) is 12.2 Å². The largest absolute Gasteiger partial charge is 0.390 e. The molecule has 3 atom stereocenters. The summed E-state index contributed by atoms with van der Waals surface area (Å²) in [4.78, 5) is 0. The summed E-state index contributed by atoms with van der Waals surface area (Å²) in [7, 11) is 0. The molecule has 1 saturated heterocycles. The molecule has 0 bridgehead atoms. The third-order valence-corrected chi connectivity index (χ3v) is 2.49. The summed E-state index contributed by atoms with van der Waals surface area (Å²) >= 11 is 0. The van der Waals surface area contributed by atoms with E-state index >= 15 is 0 Å². The Morgan fingerprint density at radius 2 is 2.00 bits per heavy atom. The molecule has 2 nitrogen and oxygen atoms in total. The minimum Gasteiger partial charge on any atom is -0.390 e. The molecular weight excluding hydrogens is 152 g/mol. The molecule has 0 saturated carbocycles. The molecule has 1 heterocycles. The summed E-state index contributed by atoms with van der Waals surface area (Å²) in [5.74, 6) is 0. The topological polar surface area (TPSA) is 32.8 Å². The fraction of sp³-hybridized carbons (Fsp3) is 1.00. The van der Waals surface area contributed by atoms with Crippen molar-refractivity contribution >= 4 is 0 Å². The number of unbranched alkanes of at least 4 members (excludes halogenated alkanes) is 3. The highest BCUT2D eigenvalue weighted by atomic mass is 16.6. The molecule has 0 aliphatic carbocycles. The normalized spacial score (nSPS) is 30.2. The van der Waals surface area contributed by atoms with Crippen LogP contribution < -0.4 is 0 Å². The molecule has 12 heavy (non-hydrogen) atoms. The first kappa shape index (κ1) is 10.0. The summed E-state index contributed by atoms with van der Waals surface area (Å²) in [6, 6.07) is 0. The van der Waals surface area contributed by atoms with Gasteiger partial charge in [0.15, 0.2) is 0 Å². The minimum atomic E-state index is -0.211. The van der Waals surface area contributed by atoms with Crippen molar-refractivity contribution in [3.05, 3.63) is 0 Å². The van der Waals surface area contributed by atoms with Gasteiger partial charge in [-0.05, 0) is 13.3 Å². The lowest BCUT2D eigenvalue weighted by molar-refractivity contribution is 0.123. The number of ether oxygens (including phenoxy) is 1. The second-order valence-corrected chi connectivity index (χ2v) is 3.72. The van der Waals surface area contributed by atoms with Crippen LogP contribution in [0.5, 0.6) is 0 Å². The highest BCUT2D eigenvalue weighted by Gasteiger charge is 2.39. The zero-order valence-electron chi connectivity index (χ0n) is 8.12. The summed E-state index contributed by atoms with van der Waals surface area (Å²) in [5, 5.41) is 9.53. The van der Waals surface area contributed by atoms with Gasteiger partial charge in [-0.25, -0.2) is 0 Å². The van der Waals surface area contributed by atoms with Crippen LogP contribution in [0, 0.1) is 0 Å². The maximum atomic E-state index is 9.53. The van der Waals surface area contributed by atoms with Gasteiger partial charge in [0.2, 0.25) is 0 Å². The van der Waals surface area contributed by atoms with Crippen molar-refractivity contribution in [3.8, 4) is 0 Å². The molecule has 0 amide bonds. The van der Waals surface area contributed by atoms with Crippen LogP contribution in [0.25, 0.3) is 0 Å². The first-order valence-corrected chi connectivity index (χ1v) is 5.09. The third-order valence-electron chi connectivity index (χ3n) is 2.49. The van der Waals surface area contributed by atoms with Crippen molar-refractivity contribution in [1.82, 2.24) is 0 Å². The van der Waals surface area contributed by atoms with Crippen LogP contribution >= 0.6 is 0 Å². The summed E-state index contributed by atoms with van der Waals surface area (Å²) in [6.45, 7) is 4.21. The molecule has 0 aromatic carbocycles. The Morgan fingerprint density at radius 3 is 2.50 bits per heavy atom. The predicted molar refractivity (Wildman–Crippen MR) is 49.1 cm³/mol. The van der Waals surface area contributed by atoms with E-state index in [1.165, 1.54) is 19.3 Å². The Hall–Kier alpha value is -0.0800. The van der Waals surface area contributed by atoms with Gasteiger partial charge in [-0.2, -0.15) is 0 Å². The van der Waals surface area contributed by atoms with Crippen LogP contribution in [0.4, 0.5) is 0 Å². The molecule has 1 aliphatic rings. The highest BCUT2D eigenvalue weighted by molar-refractivity contribution is 4.86. The molecular formula is C10H20O2. The Morgan fingerprint density at radius 1 is 1.33 bits per heavy atom. The van der Waals surface area contributed by atoms with Crippen LogP contribution in [0.15, 0.2) is 0 Å². The molecule has 1 aliphatic heterocycles. The van der Waals surface area contributed by atoms with Crippen LogP contribution in [0.2, 0.25) is 0 Å². The van der Waals surface area contributed by atoms with E-state index in [1.54, 1.807) is 0 Å². The van der Waals surface area contributed by atoms with E-state index in [-0.39, 0.29) is 12.2 Å². The van der Waals surface area contributed by atoms with Gasteiger partial charge in [-0.15, -0.1) is 0 Å². The highest BCUT2D eigenvalue weighted by Crippen LogP contribution is 2.27. The molecule has 3 unspecified atom stereocenters. The minimum absolute atomic E-state index is 0.145. The lowest BCUT2D eigenvalue weighted by Crippen LogP contribution is -2.15. The van der Waals surface area contributed by atoms with Crippen LogP contribution in [0.1, 0.15) is 46.0 Å². The van der Waals surface area contributed by atoms with Crippen molar-refractivity contribution in [2.75, 3.05) is 0 Å². The summed E-state index contributed by atoms with van der Waals surface area (Å²) in [5.41, 5.74) is 0. The van der Waals surface area contributed by atoms with Crippen LogP contribution in [0.3, 0.4) is 0 Å². The van der Waals surface area contributed by atoms with E-state index in [9.17, 15) is 5.11 Å². The summed E-state index contributed by atoms with van der Waals surface area (Å²) < 4.78 is 5.19. The monoisotopic (exact) mass is 172 g/mol. The zero-order chi connectivity index (χ0) is 8.97. The molecule has 0 spiro atoms. The second kappa shape index (κ2) is 4.83. The Kier molecular flexibility index (Phi) is 4.02. The number of epoxide rings is 1. The SMILES string of the molecule is CCCCCCC(O)C1OC1C. The number of aliphatic hydroxyl groups is 1. The molecule has 1 N–H and O–H groups in total. The molecule has 0 radical (unpaired) electrons. The fourth-order valence-electron chi connectivity index (χ4n) is 1.55. The predicted octanol–water partition coefficient (Wildman–Crippen LogP) is 2.10. The molecule has 0 aromatic heterocycles. The van der Waals surface area contributed by atoms with Crippen molar-refractivity contribution in [1.29, 1.82) is 0 Å². The van der Waals surface area contributed by atoms with Crippen molar-refractivity contribution in [2.45, 2.75) is 64.3 Å². The maximum Gasteiger partial charge on any atom is 0.110 e. The van der Waals surface area contributed by atoms with E-state index < -0.39 is 0 Å². The van der Waals surface area contributed by atoms with Gasteiger partial charge < -0.3 is 9.84 Å². The molecule has 0 aromatic rings. The summed E-state index contributed by atoms with van der Waals surface area (Å²) in [6.07, 6.45) is 6.07. The Bertz CT molecular complexity index is 125. The van der Waals surface area contributed by atoms with Crippen LogP contribution in [-0.4, -0.2) is 23.4 Å². The number of rotatable bonds is 6. The van der Waals surface area contributed by atoms with Gasteiger partial charge in [0.1, 0.15) is 6.10 Å². The first-order valence-electron chi connectivity index (χ1n) is 5.09. The van der Waals surface area contributed by atoms with E-state index in [0.29, 0.717) is 6.10 Å². The smallest absolute Gasteiger partial charge is 0.110 e. The molecule has 1 fully saturated rings. The van der Waals surface area contributed by atoms with Gasteiger partial charge in [0.25, 0.3) is 0 Å². The first-order chi connectivity index (χ1) is 5.75. The van der Waals surface area contributed by atoms with E-state index in [1.807, 2.05) is 6.92 Å². The van der Waals surface area contributed by atoms with Gasteiger partial charge >= 0.3 is 0 Å². The second-order valence-electron chi connectivity index (χ2n) is 3.72. The number of hydrogen-bond donors (Lipinski definition) is 1. The van der Waals surface area contributed by atoms with E-state index in [4.69, 9.17) is 4.74 Å². The lowest BCUT2D eigenvalue weighted by Gasteiger charge is -2.05. The van der Waals surface area contributed by atoms with Gasteiger partial charge in [-0.1, -0.05) is 32.6 Å². The fourth-order valence-corrected chi connectivity index (χ4v) is 1.55. The number of aliphatic hydroxyl groups excluding tert-OH is 1. The average molecular weight is 172 g/mol. The van der Waals surface area contributed by atoms with E-state index in [0.717, 1.165) is 12.8 Å². The molecule has 72 valence electrons. The Labute approximate surface area is 74.9 Å². The van der Waals surface area contributed by atoms with Gasteiger partial charge in [-0.3, -0.25) is 0 Å². The number of hydrogen-bond acceptors (Lipinski definition) is 2. The van der Waals surface area contributed by atoms with Crippen LogP contribution in [-0.2, 0) is 4.74 Å². The zero-order valence-corrected chi connectivity index (χ0v) is 8.12. The van der Waals surface area contributed by atoms with Crippen molar-refractivity contribution in [3.63, 3.8) is 0 Å². The van der Waals surface area contributed by atoms with E-state index in [2.05, 4.69) is 6.92 Å². The standard InChI is InChI=1S/C10H20O2/c1-3-4-5-6-7-9(11)10-8(2)12-10/h8-11H,3-7H2,1-2H3. The molecule has 2 heteroatoms. The third kappa shape index (κ3) is 3.11. The maximum absolute atomic E-state index is 9.53. The lowest BCUT2D eigenvalue weighted by atomic mass is 10.1. The van der Waals surface area contributed by atoms with Crippen molar-refractivity contribution in [2.24, 2.45) is 0 Å². The Balaban J connectivity index is 1.92. The van der Waals surface area contributed by atoms with Gasteiger partial charge in [0, 0.05) is 0 Å².